The first-order valence-corrected chi connectivity index (χ1v) is 5.33. The lowest BCUT2D eigenvalue weighted by Crippen LogP contribution is -2.45. The average Bonchev–Trinajstić information content (AvgIpc) is 2.61. The second-order valence-electron chi connectivity index (χ2n) is 4.01. The van der Waals surface area contributed by atoms with E-state index >= 15 is 0 Å². The molecule has 2 aliphatic rings. The predicted molar refractivity (Wildman–Crippen MR) is 55.8 cm³/mol. The molecule has 2 unspecified atom stereocenters. The van der Waals surface area contributed by atoms with Crippen LogP contribution in [0.5, 0.6) is 0 Å². The van der Waals surface area contributed by atoms with Crippen LogP contribution >= 0.6 is 0 Å². The zero-order valence-electron chi connectivity index (χ0n) is 9.43. The van der Waals surface area contributed by atoms with Gasteiger partial charge < -0.3 is 9.47 Å². The van der Waals surface area contributed by atoms with E-state index in [4.69, 9.17) is 9.47 Å². The number of fused-ring (bicyclic) bond motifs is 2. The van der Waals surface area contributed by atoms with Crippen LogP contribution in [0.2, 0.25) is 0 Å². The van der Waals surface area contributed by atoms with Crippen molar-refractivity contribution < 1.29 is 19.1 Å². The van der Waals surface area contributed by atoms with Crippen LogP contribution in [-0.2, 0) is 14.3 Å². The Morgan fingerprint density at radius 3 is 2.69 bits per heavy atom. The second kappa shape index (κ2) is 4.15. The molecule has 0 saturated carbocycles. The molecule has 0 aliphatic carbocycles. The maximum absolute atomic E-state index is 11.6. The third-order valence-electron chi connectivity index (χ3n) is 3.28. The summed E-state index contributed by atoms with van der Waals surface area (Å²) >= 11 is 0. The molecule has 1 fully saturated rings. The molecule has 0 spiro atoms. The molecule has 0 aromatic heterocycles. The van der Waals surface area contributed by atoms with E-state index in [0.29, 0.717) is 12.0 Å². The number of methoxy groups -OCH3 is 2. The maximum atomic E-state index is 11.6. The second-order valence-corrected chi connectivity index (χ2v) is 4.01. The summed E-state index contributed by atoms with van der Waals surface area (Å²) in [5, 5.41) is 0. The number of carbonyl (C=O) groups excluding carboxylic acids is 2. The van der Waals surface area contributed by atoms with Crippen LogP contribution in [0, 0.1) is 0 Å². The van der Waals surface area contributed by atoms with Crippen molar-refractivity contribution in [2.24, 2.45) is 0 Å². The van der Waals surface area contributed by atoms with E-state index < -0.39 is 0 Å². The number of ether oxygens (including phenoxy) is 2. The van der Waals surface area contributed by atoms with E-state index in [9.17, 15) is 9.59 Å². The summed E-state index contributed by atoms with van der Waals surface area (Å²) in [5.41, 5.74) is 0.585. The van der Waals surface area contributed by atoms with Crippen LogP contribution in [0.3, 0.4) is 0 Å². The lowest BCUT2D eigenvalue weighted by atomic mass is 10.0. The van der Waals surface area contributed by atoms with Crippen LogP contribution < -0.4 is 0 Å². The summed E-state index contributed by atoms with van der Waals surface area (Å²) in [6, 6.07) is 0.00417. The van der Waals surface area contributed by atoms with E-state index in [1.807, 2.05) is 6.08 Å². The molecule has 5 heteroatoms. The minimum Gasteiger partial charge on any atom is -0.466 e. The summed E-state index contributed by atoms with van der Waals surface area (Å²) in [5.74, 6) is -0.348. The van der Waals surface area contributed by atoms with Gasteiger partial charge in [-0.25, -0.2) is 9.59 Å². The first kappa shape index (κ1) is 11.0. The molecule has 0 aromatic carbocycles. The highest BCUT2D eigenvalue weighted by Gasteiger charge is 2.43. The Balaban J connectivity index is 2.24. The van der Waals surface area contributed by atoms with E-state index in [0.717, 1.165) is 12.8 Å². The number of rotatable bonds is 1. The van der Waals surface area contributed by atoms with Gasteiger partial charge in [-0.05, 0) is 19.3 Å². The van der Waals surface area contributed by atoms with Gasteiger partial charge in [0.25, 0.3) is 0 Å². The fraction of sp³-hybridized carbons (Fsp3) is 0.636. The summed E-state index contributed by atoms with van der Waals surface area (Å²) in [6.07, 6.45) is 3.95. The fourth-order valence-electron chi connectivity index (χ4n) is 2.54. The van der Waals surface area contributed by atoms with Crippen LogP contribution in [0.1, 0.15) is 19.3 Å². The van der Waals surface area contributed by atoms with Gasteiger partial charge in [-0.2, -0.15) is 0 Å². The molecule has 88 valence electrons. The molecule has 2 rings (SSSR count). The number of carbonyl (C=O) groups is 2. The van der Waals surface area contributed by atoms with E-state index in [-0.39, 0.29) is 24.1 Å². The van der Waals surface area contributed by atoms with Gasteiger partial charge >= 0.3 is 12.1 Å². The van der Waals surface area contributed by atoms with Gasteiger partial charge in [0.2, 0.25) is 0 Å². The van der Waals surface area contributed by atoms with Crippen molar-refractivity contribution >= 4 is 12.1 Å². The molecule has 1 amide bonds. The summed E-state index contributed by atoms with van der Waals surface area (Å²) in [6.45, 7) is 0. The molecule has 0 N–H and O–H groups in total. The Hall–Kier alpha value is -1.52. The van der Waals surface area contributed by atoms with E-state index in [1.165, 1.54) is 14.2 Å². The Kier molecular flexibility index (Phi) is 2.85. The van der Waals surface area contributed by atoms with Gasteiger partial charge in [-0.1, -0.05) is 6.08 Å². The number of esters is 1. The highest BCUT2D eigenvalue weighted by Crippen LogP contribution is 2.36. The van der Waals surface area contributed by atoms with Crippen LogP contribution in [0.15, 0.2) is 11.6 Å². The largest absolute Gasteiger partial charge is 0.466 e. The summed E-state index contributed by atoms with van der Waals surface area (Å²) < 4.78 is 9.46. The van der Waals surface area contributed by atoms with Gasteiger partial charge in [-0.3, -0.25) is 4.90 Å². The molecule has 1 saturated heterocycles. The van der Waals surface area contributed by atoms with Crippen molar-refractivity contribution in [3.05, 3.63) is 11.6 Å². The zero-order chi connectivity index (χ0) is 11.7. The lowest BCUT2D eigenvalue weighted by molar-refractivity contribution is -0.136. The van der Waals surface area contributed by atoms with Crippen LogP contribution in [-0.4, -0.2) is 43.3 Å². The molecule has 0 radical (unpaired) electrons. The average molecular weight is 225 g/mol. The third kappa shape index (κ3) is 1.56. The molecule has 16 heavy (non-hydrogen) atoms. The van der Waals surface area contributed by atoms with Gasteiger partial charge in [0.05, 0.1) is 25.8 Å². The number of hydrogen-bond donors (Lipinski definition) is 0. The Morgan fingerprint density at radius 2 is 2.06 bits per heavy atom. The molecule has 2 atom stereocenters. The smallest absolute Gasteiger partial charge is 0.410 e. The van der Waals surface area contributed by atoms with E-state index in [1.54, 1.807) is 4.90 Å². The molecule has 2 heterocycles. The number of nitrogens with zero attached hydrogens (tertiary/aromatic N) is 1. The topological polar surface area (TPSA) is 55.8 Å². The van der Waals surface area contributed by atoms with Crippen molar-refractivity contribution in [2.75, 3.05) is 14.2 Å². The minimum absolute atomic E-state index is 0.168. The van der Waals surface area contributed by atoms with E-state index in [2.05, 4.69) is 0 Å². The Morgan fingerprint density at radius 1 is 1.31 bits per heavy atom. The number of hydrogen-bond acceptors (Lipinski definition) is 4. The Labute approximate surface area is 94.0 Å². The van der Waals surface area contributed by atoms with Crippen LogP contribution in [0.25, 0.3) is 0 Å². The minimum atomic E-state index is -0.359. The van der Waals surface area contributed by atoms with Crippen molar-refractivity contribution in [1.82, 2.24) is 4.90 Å². The van der Waals surface area contributed by atoms with Crippen molar-refractivity contribution in [3.63, 3.8) is 0 Å². The van der Waals surface area contributed by atoms with Gasteiger partial charge in [0.1, 0.15) is 0 Å². The predicted octanol–water partition coefficient (Wildman–Crippen LogP) is 1.09. The molecular weight excluding hydrogens is 210 g/mol. The van der Waals surface area contributed by atoms with Gasteiger partial charge in [0, 0.05) is 6.04 Å². The highest BCUT2D eigenvalue weighted by atomic mass is 16.5. The maximum Gasteiger partial charge on any atom is 0.410 e. The molecule has 5 nitrogen and oxygen atoms in total. The molecule has 2 bridgehead atoms. The fourth-order valence-corrected chi connectivity index (χ4v) is 2.54. The van der Waals surface area contributed by atoms with Crippen molar-refractivity contribution in [3.8, 4) is 0 Å². The van der Waals surface area contributed by atoms with Gasteiger partial charge in [0.15, 0.2) is 0 Å². The first-order valence-electron chi connectivity index (χ1n) is 5.33. The lowest BCUT2D eigenvalue weighted by Gasteiger charge is -2.32. The summed E-state index contributed by atoms with van der Waals surface area (Å²) in [4.78, 5) is 24.8. The number of amides is 1. The Bertz CT molecular complexity index is 350. The molecule has 0 aromatic rings. The third-order valence-corrected chi connectivity index (χ3v) is 3.28. The standard InChI is InChI=1S/C11H15NO4/c1-15-10(13)8-5-3-7-4-6-9(8)12(7)11(14)16-2/h5,7,9H,3-4,6H2,1-2H3. The van der Waals surface area contributed by atoms with Crippen molar-refractivity contribution in [2.45, 2.75) is 31.3 Å². The normalized spacial score (nSPS) is 27.4. The quantitative estimate of drug-likeness (QED) is 0.627. The molecule has 2 aliphatic heterocycles. The molecular formula is C11H15NO4. The first-order chi connectivity index (χ1) is 7.69. The van der Waals surface area contributed by atoms with Crippen LogP contribution in [0.4, 0.5) is 4.79 Å². The zero-order valence-corrected chi connectivity index (χ0v) is 9.43. The highest BCUT2D eigenvalue weighted by molar-refractivity contribution is 5.91. The van der Waals surface area contributed by atoms with Crippen molar-refractivity contribution in [1.29, 1.82) is 0 Å². The van der Waals surface area contributed by atoms with Gasteiger partial charge in [-0.15, -0.1) is 0 Å². The monoisotopic (exact) mass is 225 g/mol. The SMILES string of the molecule is COC(=O)C1=CCC2CCC1N2C(=O)OC. The summed E-state index contributed by atoms with van der Waals surface area (Å²) in [7, 11) is 2.71.